The largest absolute Gasteiger partial charge is 0.496 e. The molecule has 0 aromatic heterocycles. The average Bonchev–Trinajstić information content (AvgIpc) is 3.42. The maximum absolute atomic E-state index is 12.7. The molecule has 0 saturated heterocycles. The lowest BCUT2D eigenvalue weighted by Crippen LogP contribution is -2.28. The number of hydrogen-bond donors (Lipinski definition) is 0. The summed E-state index contributed by atoms with van der Waals surface area (Å²) in [6.07, 6.45) is 0.884. The zero-order valence-corrected chi connectivity index (χ0v) is 14.4. The molecule has 4 nitrogen and oxygen atoms in total. The van der Waals surface area contributed by atoms with E-state index in [1.165, 1.54) is 0 Å². The maximum Gasteiger partial charge on any atom is 0.226 e. The van der Waals surface area contributed by atoms with Crippen molar-refractivity contribution < 1.29 is 14.3 Å². The van der Waals surface area contributed by atoms with Gasteiger partial charge in [-0.3, -0.25) is 4.79 Å². The Hall–Kier alpha value is -2.49. The molecule has 1 aliphatic rings. The molecular formula is C20H23NO3. The molecule has 24 heavy (non-hydrogen) atoms. The van der Waals surface area contributed by atoms with E-state index in [-0.39, 0.29) is 17.7 Å². The van der Waals surface area contributed by atoms with Gasteiger partial charge in [-0.1, -0.05) is 36.4 Å². The third kappa shape index (κ3) is 3.23. The highest BCUT2D eigenvalue weighted by Gasteiger charge is 2.46. The van der Waals surface area contributed by atoms with E-state index in [9.17, 15) is 4.79 Å². The van der Waals surface area contributed by atoms with Crippen LogP contribution >= 0.6 is 0 Å². The third-order valence-corrected chi connectivity index (χ3v) is 4.62. The summed E-state index contributed by atoms with van der Waals surface area (Å²) in [4.78, 5) is 14.5. The second-order valence-corrected chi connectivity index (χ2v) is 6.20. The maximum atomic E-state index is 12.7. The first kappa shape index (κ1) is 16.4. The number of para-hydroxylation sites is 2. The molecule has 1 fully saturated rings. The summed E-state index contributed by atoms with van der Waals surface area (Å²) >= 11 is 0. The first-order valence-corrected chi connectivity index (χ1v) is 8.15. The van der Waals surface area contributed by atoms with Gasteiger partial charge in [-0.15, -0.1) is 0 Å². The van der Waals surface area contributed by atoms with Crippen LogP contribution in [-0.2, 0) is 11.3 Å². The van der Waals surface area contributed by atoms with Crippen LogP contribution in [-0.4, -0.2) is 32.1 Å². The van der Waals surface area contributed by atoms with Gasteiger partial charge in [-0.2, -0.15) is 0 Å². The summed E-state index contributed by atoms with van der Waals surface area (Å²) in [5.74, 6) is 2.16. The number of amides is 1. The Bertz CT molecular complexity index is 724. The standard InChI is InChI=1S/C20H23NO3/c1-21(13-14-8-4-6-10-18(14)23-2)20(22)17-12-16(17)15-9-5-7-11-19(15)24-3/h4-11,16-17H,12-13H2,1-3H3/t16-,17+/m0/s1. The van der Waals surface area contributed by atoms with E-state index in [1.54, 1.807) is 19.1 Å². The monoisotopic (exact) mass is 325 g/mol. The molecule has 2 aromatic rings. The molecule has 126 valence electrons. The number of carbonyl (C=O) groups is 1. The lowest BCUT2D eigenvalue weighted by atomic mass is 10.1. The number of rotatable bonds is 6. The molecule has 2 aromatic carbocycles. The van der Waals surface area contributed by atoms with Gasteiger partial charge in [0.1, 0.15) is 11.5 Å². The average molecular weight is 325 g/mol. The van der Waals surface area contributed by atoms with E-state index in [2.05, 4.69) is 6.07 Å². The Morgan fingerprint density at radius 1 is 1.04 bits per heavy atom. The Labute approximate surface area is 143 Å². The van der Waals surface area contributed by atoms with E-state index in [4.69, 9.17) is 9.47 Å². The molecular weight excluding hydrogens is 302 g/mol. The predicted molar refractivity (Wildman–Crippen MR) is 93.3 cm³/mol. The Kier molecular flexibility index (Phi) is 4.74. The molecule has 0 unspecified atom stereocenters. The molecule has 2 atom stereocenters. The summed E-state index contributed by atoms with van der Waals surface area (Å²) in [7, 11) is 5.18. The van der Waals surface area contributed by atoms with Crippen LogP contribution in [0.4, 0.5) is 0 Å². The zero-order valence-electron chi connectivity index (χ0n) is 14.4. The molecule has 0 aliphatic heterocycles. The van der Waals surface area contributed by atoms with Crippen LogP contribution < -0.4 is 9.47 Å². The number of carbonyl (C=O) groups excluding carboxylic acids is 1. The first-order chi connectivity index (χ1) is 11.7. The highest BCUT2D eigenvalue weighted by molar-refractivity contribution is 5.83. The van der Waals surface area contributed by atoms with Gasteiger partial charge in [0.2, 0.25) is 5.91 Å². The summed E-state index contributed by atoms with van der Waals surface area (Å²) < 4.78 is 10.8. The van der Waals surface area contributed by atoms with E-state index in [1.807, 2.05) is 49.5 Å². The highest BCUT2D eigenvalue weighted by Crippen LogP contribution is 2.51. The van der Waals surface area contributed by atoms with Crippen molar-refractivity contribution in [2.75, 3.05) is 21.3 Å². The van der Waals surface area contributed by atoms with Crippen LogP contribution in [0.15, 0.2) is 48.5 Å². The van der Waals surface area contributed by atoms with Crippen LogP contribution in [0, 0.1) is 5.92 Å². The van der Waals surface area contributed by atoms with Crippen molar-refractivity contribution in [3.05, 3.63) is 59.7 Å². The van der Waals surface area contributed by atoms with Gasteiger partial charge in [0.05, 0.1) is 14.2 Å². The molecule has 1 aliphatic carbocycles. The second kappa shape index (κ2) is 6.95. The summed E-state index contributed by atoms with van der Waals surface area (Å²) in [6, 6.07) is 15.8. The van der Waals surface area contributed by atoms with Gasteiger partial charge in [0.25, 0.3) is 0 Å². The fourth-order valence-electron chi connectivity index (χ4n) is 3.23. The van der Waals surface area contributed by atoms with Crippen molar-refractivity contribution in [2.45, 2.75) is 18.9 Å². The number of methoxy groups -OCH3 is 2. The molecule has 4 heteroatoms. The minimum Gasteiger partial charge on any atom is -0.496 e. The molecule has 3 rings (SSSR count). The SMILES string of the molecule is COc1ccccc1CN(C)C(=O)[C@@H]1C[C@H]1c1ccccc1OC. The van der Waals surface area contributed by atoms with E-state index in [0.717, 1.165) is 29.0 Å². The van der Waals surface area contributed by atoms with Crippen molar-refractivity contribution in [1.82, 2.24) is 4.90 Å². The van der Waals surface area contributed by atoms with Crippen molar-refractivity contribution in [2.24, 2.45) is 5.92 Å². The number of ether oxygens (including phenoxy) is 2. The number of benzene rings is 2. The van der Waals surface area contributed by atoms with Gasteiger partial charge >= 0.3 is 0 Å². The lowest BCUT2D eigenvalue weighted by Gasteiger charge is -2.19. The molecule has 0 heterocycles. The molecule has 0 radical (unpaired) electrons. The zero-order chi connectivity index (χ0) is 17.1. The Morgan fingerprint density at radius 3 is 2.38 bits per heavy atom. The quantitative estimate of drug-likeness (QED) is 0.816. The van der Waals surface area contributed by atoms with Crippen molar-refractivity contribution in [3.63, 3.8) is 0 Å². The third-order valence-electron chi connectivity index (χ3n) is 4.62. The van der Waals surface area contributed by atoms with Crippen LogP contribution in [0.25, 0.3) is 0 Å². The fourth-order valence-corrected chi connectivity index (χ4v) is 3.23. The molecule has 1 amide bonds. The van der Waals surface area contributed by atoms with Crippen LogP contribution in [0.3, 0.4) is 0 Å². The first-order valence-electron chi connectivity index (χ1n) is 8.15. The molecule has 0 bridgehead atoms. The smallest absolute Gasteiger partial charge is 0.226 e. The topological polar surface area (TPSA) is 38.8 Å². The van der Waals surface area contributed by atoms with Gasteiger partial charge in [0, 0.05) is 25.1 Å². The van der Waals surface area contributed by atoms with Gasteiger partial charge in [0.15, 0.2) is 0 Å². The highest BCUT2D eigenvalue weighted by atomic mass is 16.5. The molecule has 0 spiro atoms. The molecule has 1 saturated carbocycles. The van der Waals surface area contributed by atoms with Crippen molar-refractivity contribution >= 4 is 5.91 Å². The van der Waals surface area contributed by atoms with Gasteiger partial charge < -0.3 is 14.4 Å². The Morgan fingerprint density at radius 2 is 1.67 bits per heavy atom. The minimum absolute atomic E-state index is 0.0426. The number of nitrogens with zero attached hydrogens (tertiary/aromatic N) is 1. The Balaban J connectivity index is 1.67. The predicted octanol–water partition coefficient (Wildman–Crippen LogP) is 3.47. The number of hydrogen-bond acceptors (Lipinski definition) is 3. The van der Waals surface area contributed by atoms with E-state index in [0.29, 0.717) is 6.54 Å². The second-order valence-electron chi connectivity index (χ2n) is 6.20. The minimum atomic E-state index is 0.0426. The fraction of sp³-hybridized carbons (Fsp3) is 0.350. The normalized spacial score (nSPS) is 18.8. The van der Waals surface area contributed by atoms with E-state index >= 15 is 0 Å². The summed E-state index contributed by atoms with van der Waals surface area (Å²) in [6.45, 7) is 0.554. The van der Waals surface area contributed by atoms with Crippen LogP contribution in [0.1, 0.15) is 23.5 Å². The summed E-state index contributed by atoms with van der Waals surface area (Å²) in [5.41, 5.74) is 2.15. The van der Waals surface area contributed by atoms with Crippen LogP contribution in [0.2, 0.25) is 0 Å². The van der Waals surface area contributed by atoms with Crippen LogP contribution in [0.5, 0.6) is 11.5 Å². The molecule has 0 N–H and O–H groups in total. The van der Waals surface area contributed by atoms with Gasteiger partial charge in [-0.05, 0) is 30.0 Å². The van der Waals surface area contributed by atoms with Crippen molar-refractivity contribution in [3.8, 4) is 11.5 Å². The van der Waals surface area contributed by atoms with Gasteiger partial charge in [-0.25, -0.2) is 0 Å². The summed E-state index contributed by atoms with van der Waals surface area (Å²) in [5, 5.41) is 0. The van der Waals surface area contributed by atoms with E-state index < -0.39 is 0 Å². The van der Waals surface area contributed by atoms with Crippen molar-refractivity contribution in [1.29, 1.82) is 0 Å². The lowest BCUT2D eigenvalue weighted by molar-refractivity contribution is -0.131.